The minimum Gasteiger partial charge on any atom is -0.325 e. The Balaban J connectivity index is 2.95. The summed E-state index contributed by atoms with van der Waals surface area (Å²) in [6.45, 7) is 3.51. The van der Waals surface area contributed by atoms with E-state index in [4.69, 9.17) is 5.73 Å². The summed E-state index contributed by atoms with van der Waals surface area (Å²) in [6, 6.07) is 5.32. The maximum atomic E-state index is 12.0. The number of hydrogen-bond donors (Lipinski definition) is 2. The van der Waals surface area contributed by atoms with E-state index in [1.165, 1.54) is 26.2 Å². The van der Waals surface area contributed by atoms with Gasteiger partial charge in [0.2, 0.25) is 15.9 Å². The van der Waals surface area contributed by atoms with Crippen molar-refractivity contribution >= 4 is 21.6 Å². The fourth-order valence-electron chi connectivity index (χ4n) is 1.47. The highest BCUT2D eigenvalue weighted by Gasteiger charge is 2.18. The molecule has 0 aromatic heterocycles. The van der Waals surface area contributed by atoms with Crippen molar-refractivity contribution in [3.05, 3.63) is 36.9 Å². The van der Waals surface area contributed by atoms with E-state index < -0.39 is 16.1 Å². The van der Waals surface area contributed by atoms with Crippen LogP contribution in [0.5, 0.6) is 0 Å². The van der Waals surface area contributed by atoms with E-state index in [1.807, 2.05) is 0 Å². The standard InChI is InChI=1S/C13H19N3O3S/c1-4-6-12(14)13(17)15-10-7-5-8-11(9-10)20(18,19)16(2)3/h4-5,7-9,12H,1,6,14H2,2-3H3,(H,15,17). The van der Waals surface area contributed by atoms with Gasteiger partial charge in [-0.05, 0) is 24.6 Å². The molecule has 1 atom stereocenters. The fraction of sp³-hybridized carbons (Fsp3) is 0.308. The van der Waals surface area contributed by atoms with Crippen molar-refractivity contribution in [3.8, 4) is 0 Å². The normalized spacial score (nSPS) is 13.0. The molecular weight excluding hydrogens is 278 g/mol. The number of hydrogen-bond acceptors (Lipinski definition) is 4. The number of sulfonamides is 1. The zero-order valence-corrected chi connectivity index (χ0v) is 12.4. The van der Waals surface area contributed by atoms with Crippen LogP contribution in [0.15, 0.2) is 41.8 Å². The Morgan fingerprint density at radius 1 is 1.50 bits per heavy atom. The number of carbonyl (C=O) groups excluding carboxylic acids is 1. The van der Waals surface area contributed by atoms with E-state index in [0.29, 0.717) is 12.1 Å². The summed E-state index contributed by atoms with van der Waals surface area (Å²) in [5.41, 5.74) is 6.02. The highest BCUT2D eigenvalue weighted by atomic mass is 32.2. The van der Waals surface area contributed by atoms with Gasteiger partial charge in [0.05, 0.1) is 10.9 Å². The van der Waals surface area contributed by atoms with Gasteiger partial charge in [0.15, 0.2) is 0 Å². The number of nitrogens with zero attached hydrogens (tertiary/aromatic N) is 1. The lowest BCUT2D eigenvalue weighted by molar-refractivity contribution is -0.117. The molecule has 0 fully saturated rings. The highest BCUT2D eigenvalue weighted by Crippen LogP contribution is 2.18. The van der Waals surface area contributed by atoms with Crippen LogP contribution in [0, 0.1) is 0 Å². The zero-order valence-electron chi connectivity index (χ0n) is 11.5. The third-order valence-corrected chi connectivity index (χ3v) is 4.45. The SMILES string of the molecule is C=CCC(N)C(=O)Nc1cccc(S(=O)(=O)N(C)C)c1. The summed E-state index contributed by atoms with van der Waals surface area (Å²) in [5, 5.41) is 2.58. The largest absolute Gasteiger partial charge is 0.325 e. The minimum absolute atomic E-state index is 0.109. The van der Waals surface area contributed by atoms with E-state index in [9.17, 15) is 13.2 Å². The van der Waals surface area contributed by atoms with Crippen LogP contribution in [0.25, 0.3) is 0 Å². The van der Waals surface area contributed by atoms with Gasteiger partial charge in [0.25, 0.3) is 0 Å². The minimum atomic E-state index is -3.53. The zero-order chi connectivity index (χ0) is 15.3. The number of amides is 1. The Morgan fingerprint density at radius 3 is 2.70 bits per heavy atom. The van der Waals surface area contributed by atoms with E-state index in [1.54, 1.807) is 18.2 Å². The van der Waals surface area contributed by atoms with Crippen LogP contribution >= 0.6 is 0 Å². The van der Waals surface area contributed by atoms with E-state index in [0.717, 1.165) is 4.31 Å². The third kappa shape index (κ3) is 3.89. The second-order valence-electron chi connectivity index (χ2n) is 4.44. The molecule has 1 aromatic carbocycles. The molecule has 0 bridgehead atoms. The summed E-state index contributed by atoms with van der Waals surface area (Å²) in [4.78, 5) is 11.9. The Labute approximate surface area is 119 Å². The van der Waals surface area contributed by atoms with Crippen LogP contribution in [0.4, 0.5) is 5.69 Å². The van der Waals surface area contributed by atoms with Gasteiger partial charge in [-0.3, -0.25) is 4.79 Å². The first-order valence-electron chi connectivity index (χ1n) is 5.99. The number of benzene rings is 1. The molecule has 1 aromatic rings. The van der Waals surface area contributed by atoms with Gasteiger partial charge in [-0.2, -0.15) is 0 Å². The molecule has 1 unspecified atom stereocenters. The molecule has 0 saturated carbocycles. The molecule has 0 aliphatic carbocycles. The predicted molar refractivity (Wildman–Crippen MR) is 78.7 cm³/mol. The number of rotatable bonds is 6. The molecule has 3 N–H and O–H groups in total. The first-order chi connectivity index (χ1) is 9.28. The second-order valence-corrected chi connectivity index (χ2v) is 6.59. The first-order valence-corrected chi connectivity index (χ1v) is 7.43. The van der Waals surface area contributed by atoms with Gasteiger partial charge in [0.1, 0.15) is 0 Å². The summed E-state index contributed by atoms with van der Waals surface area (Å²) < 4.78 is 25.1. The fourth-order valence-corrected chi connectivity index (χ4v) is 2.41. The van der Waals surface area contributed by atoms with E-state index >= 15 is 0 Å². The van der Waals surface area contributed by atoms with Crippen LogP contribution in [-0.4, -0.2) is 38.8 Å². The number of nitrogens with one attached hydrogen (secondary N) is 1. The summed E-state index contributed by atoms with van der Waals surface area (Å²) >= 11 is 0. The lowest BCUT2D eigenvalue weighted by Crippen LogP contribution is -2.35. The van der Waals surface area contributed by atoms with Crippen LogP contribution in [0.2, 0.25) is 0 Å². The molecule has 0 heterocycles. The number of anilines is 1. The monoisotopic (exact) mass is 297 g/mol. The van der Waals surface area contributed by atoms with Crippen molar-refractivity contribution in [2.24, 2.45) is 5.73 Å². The second kappa shape index (κ2) is 6.65. The van der Waals surface area contributed by atoms with E-state index in [2.05, 4.69) is 11.9 Å². The van der Waals surface area contributed by atoms with Gasteiger partial charge in [0, 0.05) is 19.8 Å². The Hall–Kier alpha value is -1.70. The van der Waals surface area contributed by atoms with Crippen molar-refractivity contribution in [2.45, 2.75) is 17.4 Å². The predicted octanol–water partition coefficient (Wildman–Crippen LogP) is 0.779. The Morgan fingerprint density at radius 2 is 2.15 bits per heavy atom. The van der Waals surface area contributed by atoms with Crippen molar-refractivity contribution < 1.29 is 13.2 Å². The van der Waals surface area contributed by atoms with Crippen molar-refractivity contribution in [1.29, 1.82) is 0 Å². The summed E-state index contributed by atoms with van der Waals surface area (Å²) in [5.74, 6) is -0.385. The summed E-state index contributed by atoms with van der Waals surface area (Å²) in [6.07, 6.45) is 1.90. The van der Waals surface area contributed by atoms with Gasteiger partial charge >= 0.3 is 0 Å². The molecule has 20 heavy (non-hydrogen) atoms. The van der Waals surface area contributed by atoms with Crippen LogP contribution in [0.1, 0.15) is 6.42 Å². The Kier molecular flexibility index (Phi) is 5.43. The molecule has 0 aliphatic rings. The molecule has 1 rings (SSSR count). The molecule has 1 amide bonds. The maximum absolute atomic E-state index is 12.0. The lowest BCUT2D eigenvalue weighted by atomic mass is 10.2. The summed E-state index contributed by atoms with van der Waals surface area (Å²) in [7, 11) is -0.641. The third-order valence-electron chi connectivity index (χ3n) is 2.64. The van der Waals surface area contributed by atoms with Crippen molar-refractivity contribution in [3.63, 3.8) is 0 Å². The topological polar surface area (TPSA) is 92.5 Å². The average molecular weight is 297 g/mol. The van der Waals surface area contributed by atoms with Crippen LogP contribution in [-0.2, 0) is 14.8 Å². The highest BCUT2D eigenvalue weighted by molar-refractivity contribution is 7.89. The number of carbonyl (C=O) groups is 1. The van der Waals surface area contributed by atoms with Crippen LogP contribution < -0.4 is 11.1 Å². The maximum Gasteiger partial charge on any atom is 0.242 e. The molecule has 7 heteroatoms. The van der Waals surface area contributed by atoms with Crippen LogP contribution in [0.3, 0.4) is 0 Å². The van der Waals surface area contributed by atoms with Crippen molar-refractivity contribution in [1.82, 2.24) is 4.31 Å². The molecule has 0 aliphatic heterocycles. The van der Waals surface area contributed by atoms with E-state index in [-0.39, 0.29) is 10.8 Å². The average Bonchev–Trinajstić information content (AvgIpc) is 2.39. The smallest absolute Gasteiger partial charge is 0.242 e. The van der Waals surface area contributed by atoms with Gasteiger partial charge in [-0.15, -0.1) is 6.58 Å². The molecule has 110 valence electrons. The van der Waals surface area contributed by atoms with Gasteiger partial charge in [-0.1, -0.05) is 12.1 Å². The number of nitrogens with two attached hydrogens (primary N) is 1. The Bertz CT molecular complexity index is 597. The van der Waals surface area contributed by atoms with Gasteiger partial charge in [-0.25, -0.2) is 12.7 Å². The molecule has 0 radical (unpaired) electrons. The van der Waals surface area contributed by atoms with Gasteiger partial charge < -0.3 is 11.1 Å². The lowest BCUT2D eigenvalue weighted by Gasteiger charge is -2.14. The quantitative estimate of drug-likeness (QED) is 0.759. The first kappa shape index (κ1) is 16.4. The molecule has 6 nitrogen and oxygen atoms in total. The van der Waals surface area contributed by atoms with Crippen molar-refractivity contribution in [2.75, 3.05) is 19.4 Å². The molecular formula is C13H19N3O3S. The molecule has 0 spiro atoms. The molecule has 0 saturated heterocycles.